The van der Waals surface area contributed by atoms with E-state index in [4.69, 9.17) is 0 Å². The van der Waals surface area contributed by atoms with Crippen molar-refractivity contribution in [1.82, 2.24) is 10.2 Å². The highest BCUT2D eigenvalue weighted by Gasteiger charge is 2.47. The first kappa shape index (κ1) is 16.8. The Morgan fingerprint density at radius 2 is 1.81 bits per heavy atom. The molecular weight excluding hydrogens is 258 g/mol. The lowest BCUT2D eigenvalue weighted by atomic mass is 9.74. The number of nitriles is 1. The van der Waals surface area contributed by atoms with Gasteiger partial charge in [0.05, 0.1) is 6.07 Å². The Morgan fingerprint density at radius 1 is 1.24 bits per heavy atom. The highest BCUT2D eigenvalue weighted by Crippen LogP contribution is 2.42. The Balaban J connectivity index is 1.98. The number of piperidine rings is 1. The number of rotatable bonds is 7. The van der Waals surface area contributed by atoms with Gasteiger partial charge in [0.15, 0.2) is 0 Å². The highest BCUT2D eigenvalue weighted by atomic mass is 15.2. The van der Waals surface area contributed by atoms with Crippen molar-refractivity contribution < 1.29 is 0 Å². The molecule has 21 heavy (non-hydrogen) atoms. The summed E-state index contributed by atoms with van der Waals surface area (Å²) in [7, 11) is 0. The van der Waals surface area contributed by atoms with Crippen molar-refractivity contribution in [2.75, 3.05) is 19.6 Å². The highest BCUT2D eigenvalue weighted by molar-refractivity contribution is 5.17. The van der Waals surface area contributed by atoms with Crippen molar-refractivity contribution in [3.63, 3.8) is 0 Å². The molecule has 0 radical (unpaired) electrons. The Hall–Kier alpha value is -0.590. The molecule has 2 aliphatic rings. The number of nitrogens with zero attached hydrogens (tertiary/aromatic N) is 2. The lowest BCUT2D eigenvalue weighted by molar-refractivity contribution is 0.0756. The zero-order chi connectivity index (χ0) is 15.5. The third-order valence-corrected chi connectivity index (χ3v) is 5.91. The molecule has 2 rings (SSSR count). The summed E-state index contributed by atoms with van der Waals surface area (Å²) >= 11 is 0. The quantitative estimate of drug-likeness (QED) is 0.779. The van der Waals surface area contributed by atoms with E-state index >= 15 is 0 Å². The van der Waals surface area contributed by atoms with Gasteiger partial charge in [-0.2, -0.15) is 5.26 Å². The second-order valence-electron chi connectivity index (χ2n) is 7.64. The molecule has 1 atom stereocenters. The molecule has 0 amide bonds. The summed E-state index contributed by atoms with van der Waals surface area (Å²) in [4.78, 5) is 2.54. The largest absolute Gasteiger partial charge is 0.300 e. The number of hydrogen-bond donors (Lipinski definition) is 1. The van der Waals surface area contributed by atoms with Crippen LogP contribution >= 0.6 is 0 Å². The second-order valence-corrected chi connectivity index (χ2v) is 7.64. The molecule has 1 N–H and O–H groups in total. The van der Waals surface area contributed by atoms with Crippen molar-refractivity contribution in [3.05, 3.63) is 0 Å². The van der Waals surface area contributed by atoms with Crippen molar-refractivity contribution in [2.45, 2.75) is 77.8 Å². The maximum absolute atomic E-state index is 9.82. The molecule has 120 valence electrons. The van der Waals surface area contributed by atoms with Gasteiger partial charge >= 0.3 is 0 Å². The first-order chi connectivity index (χ1) is 9.99. The normalized spacial score (nSPS) is 25.5. The molecule has 1 saturated heterocycles. The topological polar surface area (TPSA) is 39.1 Å². The smallest absolute Gasteiger partial charge is 0.122 e. The predicted molar refractivity (Wildman–Crippen MR) is 88.0 cm³/mol. The predicted octanol–water partition coefficient (Wildman–Crippen LogP) is 3.56. The van der Waals surface area contributed by atoms with Gasteiger partial charge in [-0.25, -0.2) is 0 Å². The van der Waals surface area contributed by atoms with Crippen LogP contribution in [0.1, 0.15) is 66.2 Å². The van der Waals surface area contributed by atoms with Gasteiger partial charge in [-0.15, -0.1) is 0 Å². The van der Waals surface area contributed by atoms with Gasteiger partial charge < -0.3 is 4.90 Å². The van der Waals surface area contributed by atoms with Gasteiger partial charge in [-0.1, -0.05) is 26.7 Å². The molecule has 0 aromatic carbocycles. The maximum Gasteiger partial charge on any atom is 0.122 e. The summed E-state index contributed by atoms with van der Waals surface area (Å²) < 4.78 is 0. The van der Waals surface area contributed by atoms with Crippen molar-refractivity contribution in [3.8, 4) is 6.07 Å². The van der Waals surface area contributed by atoms with Crippen molar-refractivity contribution >= 4 is 0 Å². The standard InChI is InChI=1S/C18H33N3/c1-5-17(6-2)9-11-21(12-10-17)14-18(13-19,16-7-8-16)20-15(3)4/h15-16,20H,5-12,14H2,1-4H3. The molecule has 2 fully saturated rings. The van der Waals surface area contributed by atoms with Crippen LogP contribution in [0.5, 0.6) is 0 Å². The van der Waals surface area contributed by atoms with E-state index < -0.39 is 0 Å². The zero-order valence-corrected chi connectivity index (χ0v) is 14.4. The lowest BCUT2D eigenvalue weighted by Crippen LogP contribution is -2.58. The molecule has 0 aromatic heterocycles. The summed E-state index contributed by atoms with van der Waals surface area (Å²) in [6.45, 7) is 12.2. The molecule has 1 saturated carbocycles. The van der Waals surface area contributed by atoms with Crippen LogP contribution in [0.3, 0.4) is 0 Å². The third kappa shape index (κ3) is 3.79. The molecule has 0 bridgehead atoms. The number of hydrogen-bond acceptors (Lipinski definition) is 3. The minimum atomic E-state index is -0.313. The average molecular weight is 291 g/mol. The van der Waals surface area contributed by atoms with Crippen LogP contribution in [-0.4, -0.2) is 36.1 Å². The van der Waals surface area contributed by atoms with E-state index in [0.29, 0.717) is 17.4 Å². The summed E-state index contributed by atoms with van der Waals surface area (Å²) in [6, 6.07) is 3.03. The van der Waals surface area contributed by atoms with Gasteiger partial charge in [-0.3, -0.25) is 5.32 Å². The van der Waals surface area contributed by atoms with Crippen LogP contribution in [-0.2, 0) is 0 Å². The molecule has 1 aliphatic carbocycles. The van der Waals surface area contributed by atoms with Crippen molar-refractivity contribution in [2.24, 2.45) is 11.3 Å². The van der Waals surface area contributed by atoms with Gasteiger partial charge in [-0.05, 0) is 64.0 Å². The number of nitrogens with one attached hydrogen (secondary N) is 1. The fraction of sp³-hybridized carbons (Fsp3) is 0.944. The fourth-order valence-electron chi connectivity index (χ4n) is 4.04. The van der Waals surface area contributed by atoms with Crippen LogP contribution in [0.2, 0.25) is 0 Å². The molecule has 1 unspecified atom stereocenters. The van der Waals surface area contributed by atoms with Gasteiger partial charge in [0.25, 0.3) is 0 Å². The van der Waals surface area contributed by atoms with Crippen LogP contribution in [0.15, 0.2) is 0 Å². The van der Waals surface area contributed by atoms with E-state index in [2.05, 4.69) is 44.0 Å². The summed E-state index contributed by atoms with van der Waals surface area (Å²) in [5.74, 6) is 0.564. The first-order valence-electron chi connectivity index (χ1n) is 8.90. The maximum atomic E-state index is 9.82. The van der Waals surface area contributed by atoms with Gasteiger partial charge in [0.2, 0.25) is 0 Å². The Bertz CT molecular complexity index is 366. The van der Waals surface area contributed by atoms with E-state index in [1.807, 2.05) is 0 Å². The van der Waals surface area contributed by atoms with Crippen LogP contribution in [0.4, 0.5) is 0 Å². The monoisotopic (exact) mass is 291 g/mol. The minimum Gasteiger partial charge on any atom is -0.300 e. The Kier molecular flexibility index (Phi) is 5.33. The summed E-state index contributed by atoms with van der Waals surface area (Å²) in [6.07, 6.45) is 7.63. The van der Waals surface area contributed by atoms with Gasteiger partial charge in [0, 0.05) is 12.6 Å². The SMILES string of the molecule is CCC1(CC)CCN(CC(C#N)(NC(C)C)C2CC2)CC1. The van der Waals surface area contributed by atoms with Gasteiger partial charge in [0.1, 0.15) is 5.54 Å². The van der Waals surface area contributed by atoms with Crippen LogP contribution < -0.4 is 5.32 Å². The molecule has 1 heterocycles. The van der Waals surface area contributed by atoms with E-state index in [1.165, 1.54) is 38.5 Å². The minimum absolute atomic E-state index is 0.313. The third-order valence-electron chi connectivity index (χ3n) is 5.91. The van der Waals surface area contributed by atoms with E-state index in [1.54, 1.807) is 0 Å². The molecule has 3 nitrogen and oxygen atoms in total. The molecule has 0 aromatic rings. The molecule has 1 aliphatic heterocycles. The Morgan fingerprint density at radius 3 is 2.19 bits per heavy atom. The summed E-state index contributed by atoms with van der Waals surface area (Å²) in [5, 5.41) is 13.4. The molecular formula is C18H33N3. The molecule has 3 heteroatoms. The van der Waals surface area contributed by atoms with Crippen molar-refractivity contribution in [1.29, 1.82) is 5.26 Å². The Labute approximate surface area is 131 Å². The zero-order valence-electron chi connectivity index (χ0n) is 14.4. The lowest BCUT2D eigenvalue weighted by Gasteiger charge is -2.44. The fourth-order valence-corrected chi connectivity index (χ4v) is 4.04. The summed E-state index contributed by atoms with van der Waals surface area (Å²) in [5.41, 5.74) is 0.253. The van der Waals surface area contributed by atoms with Crippen LogP contribution in [0, 0.1) is 22.7 Å². The van der Waals surface area contributed by atoms with E-state index in [9.17, 15) is 5.26 Å². The van der Waals surface area contributed by atoms with Crippen LogP contribution in [0.25, 0.3) is 0 Å². The van der Waals surface area contributed by atoms with E-state index in [0.717, 1.165) is 19.6 Å². The first-order valence-corrected chi connectivity index (χ1v) is 8.90. The molecule has 0 spiro atoms. The average Bonchev–Trinajstić information content (AvgIpc) is 3.32. The number of likely N-dealkylation sites (tertiary alicyclic amines) is 1. The second kappa shape index (κ2) is 6.67. The van der Waals surface area contributed by atoms with E-state index in [-0.39, 0.29) is 5.54 Å².